The van der Waals surface area contributed by atoms with Gasteiger partial charge in [0.2, 0.25) is 0 Å². The first-order valence-corrected chi connectivity index (χ1v) is 9.32. The zero-order valence-electron chi connectivity index (χ0n) is 15.3. The Bertz CT molecular complexity index is 1000. The molecular weight excluding hydrogens is 358 g/mol. The molecule has 0 atom stereocenters. The number of carbonyl (C=O) groups is 2. The Hall–Kier alpha value is -3.42. The third-order valence-corrected chi connectivity index (χ3v) is 4.98. The van der Waals surface area contributed by atoms with E-state index in [1.165, 1.54) is 23.6 Å². The van der Waals surface area contributed by atoms with Gasteiger partial charge in [0.15, 0.2) is 5.69 Å². The first-order chi connectivity index (χ1) is 13.6. The Morgan fingerprint density at radius 2 is 1.86 bits per heavy atom. The summed E-state index contributed by atoms with van der Waals surface area (Å²) in [6.45, 7) is 0.343. The molecule has 1 fully saturated rings. The van der Waals surface area contributed by atoms with Crippen molar-refractivity contribution in [3.63, 3.8) is 0 Å². The normalized spacial score (nSPS) is 14.3. The molecule has 1 aliphatic carbocycles. The maximum absolute atomic E-state index is 12.4. The van der Waals surface area contributed by atoms with E-state index < -0.39 is 5.97 Å². The molecule has 2 N–H and O–H groups in total. The molecule has 8 nitrogen and oxygen atoms in total. The lowest BCUT2D eigenvalue weighted by Gasteiger charge is -2.09. The Kier molecular flexibility index (Phi) is 4.92. The highest BCUT2D eigenvalue weighted by atomic mass is 16.4. The number of nitrogens with one attached hydrogen (secondary N) is 1. The number of hydrogen-bond acceptors (Lipinski definition) is 4. The third kappa shape index (κ3) is 3.80. The summed E-state index contributed by atoms with van der Waals surface area (Å²) >= 11 is 0. The fraction of sp³-hybridized carbons (Fsp3) is 0.300. The van der Waals surface area contributed by atoms with Gasteiger partial charge in [-0.15, -0.1) is 0 Å². The number of carbonyl (C=O) groups excluding carboxylic acids is 1. The summed E-state index contributed by atoms with van der Waals surface area (Å²) in [6, 6.07) is 11.0. The molecule has 0 saturated heterocycles. The van der Waals surface area contributed by atoms with Gasteiger partial charge in [-0.05, 0) is 42.7 Å². The fourth-order valence-electron chi connectivity index (χ4n) is 3.49. The predicted molar refractivity (Wildman–Crippen MR) is 101 cm³/mol. The molecule has 3 aromatic rings. The van der Waals surface area contributed by atoms with E-state index in [1.807, 2.05) is 35.1 Å². The molecule has 0 bridgehead atoms. The van der Waals surface area contributed by atoms with E-state index >= 15 is 0 Å². The van der Waals surface area contributed by atoms with Gasteiger partial charge in [0.25, 0.3) is 5.91 Å². The molecule has 144 valence electrons. The van der Waals surface area contributed by atoms with Crippen LogP contribution in [0.1, 0.15) is 58.3 Å². The topological polar surface area (TPSA) is 102 Å². The number of aromatic carboxylic acids is 1. The predicted octanol–water partition coefficient (Wildman–Crippen LogP) is 2.81. The molecule has 28 heavy (non-hydrogen) atoms. The SMILES string of the molecule is O=C(O)c1ccn(-c2cccc(CNC(=O)c3ccn(C4CCCC4)n3)c2)n1. The second-order valence-corrected chi connectivity index (χ2v) is 6.92. The van der Waals surface area contributed by atoms with E-state index in [9.17, 15) is 9.59 Å². The first-order valence-electron chi connectivity index (χ1n) is 9.32. The largest absolute Gasteiger partial charge is 0.476 e. The quantitative estimate of drug-likeness (QED) is 0.686. The van der Waals surface area contributed by atoms with Crippen molar-refractivity contribution < 1.29 is 14.7 Å². The molecule has 1 aliphatic rings. The standard InChI is InChI=1S/C20H21N5O3/c26-19(17-8-10-24(22-17)15-5-1-2-6-15)21-13-14-4-3-7-16(12-14)25-11-9-18(23-25)20(27)28/h3-4,7-12,15H,1-2,5-6,13H2,(H,21,26)(H,27,28). The minimum atomic E-state index is -1.07. The van der Waals surface area contributed by atoms with Gasteiger partial charge in [-0.2, -0.15) is 10.2 Å². The minimum Gasteiger partial charge on any atom is -0.476 e. The highest BCUT2D eigenvalue weighted by Crippen LogP contribution is 2.28. The summed E-state index contributed by atoms with van der Waals surface area (Å²) in [5, 5.41) is 20.3. The second kappa shape index (κ2) is 7.67. The van der Waals surface area contributed by atoms with Crippen LogP contribution in [-0.4, -0.2) is 36.5 Å². The maximum atomic E-state index is 12.4. The Balaban J connectivity index is 1.40. The summed E-state index contributed by atoms with van der Waals surface area (Å²) in [4.78, 5) is 23.4. The van der Waals surface area contributed by atoms with Crippen molar-refractivity contribution in [3.05, 3.63) is 65.7 Å². The van der Waals surface area contributed by atoms with Crippen molar-refractivity contribution >= 4 is 11.9 Å². The van der Waals surface area contributed by atoms with Crippen LogP contribution in [0.2, 0.25) is 0 Å². The van der Waals surface area contributed by atoms with Crippen molar-refractivity contribution in [2.45, 2.75) is 38.3 Å². The van der Waals surface area contributed by atoms with Gasteiger partial charge in [-0.1, -0.05) is 25.0 Å². The highest BCUT2D eigenvalue weighted by molar-refractivity contribution is 5.92. The van der Waals surface area contributed by atoms with Crippen LogP contribution in [0.3, 0.4) is 0 Å². The summed E-state index contributed by atoms with van der Waals surface area (Å²) in [6.07, 6.45) is 8.14. The Labute approximate surface area is 161 Å². The molecular formula is C20H21N5O3. The van der Waals surface area contributed by atoms with Crippen LogP contribution in [0, 0.1) is 0 Å². The van der Waals surface area contributed by atoms with E-state index in [2.05, 4.69) is 15.5 Å². The van der Waals surface area contributed by atoms with Gasteiger partial charge >= 0.3 is 5.97 Å². The highest BCUT2D eigenvalue weighted by Gasteiger charge is 2.19. The fourth-order valence-corrected chi connectivity index (χ4v) is 3.49. The number of hydrogen-bond donors (Lipinski definition) is 2. The zero-order valence-corrected chi connectivity index (χ0v) is 15.3. The van der Waals surface area contributed by atoms with Crippen molar-refractivity contribution in [1.29, 1.82) is 0 Å². The number of aromatic nitrogens is 4. The Morgan fingerprint density at radius 3 is 2.61 bits per heavy atom. The van der Waals surface area contributed by atoms with Crippen molar-refractivity contribution in [2.24, 2.45) is 0 Å². The molecule has 0 spiro atoms. The first kappa shape index (κ1) is 18.0. The number of amides is 1. The molecule has 2 aromatic heterocycles. The number of benzene rings is 1. The molecule has 0 unspecified atom stereocenters. The smallest absolute Gasteiger partial charge is 0.356 e. The van der Waals surface area contributed by atoms with Crippen LogP contribution in [0.4, 0.5) is 0 Å². The molecule has 4 rings (SSSR count). The molecule has 2 heterocycles. The van der Waals surface area contributed by atoms with Gasteiger partial charge in [-0.3, -0.25) is 9.48 Å². The van der Waals surface area contributed by atoms with Crippen molar-refractivity contribution in [1.82, 2.24) is 24.9 Å². The lowest BCUT2D eigenvalue weighted by atomic mass is 10.2. The summed E-state index contributed by atoms with van der Waals surface area (Å²) in [5.41, 5.74) is 2.01. The van der Waals surface area contributed by atoms with Gasteiger partial charge in [0, 0.05) is 18.9 Å². The van der Waals surface area contributed by atoms with Gasteiger partial charge < -0.3 is 10.4 Å². The van der Waals surface area contributed by atoms with Crippen molar-refractivity contribution in [2.75, 3.05) is 0 Å². The van der Waals surface area contributed by atoms with Gasteiger partial charge in [0.05, 0.1) is 11.7 Å². The number of carboxylic acid groups (broad SMARTS) is 1. The lowest BCUT2D eigenvalue weighted by molar-refractivity contribution is 0.0689. The van der Waals surface area contributed by atoms with Crippen LogP contribution >= 0.6 is 0 Å². The summed E-state index contributed by atoms with van der Waals surface area (Å²) in [7, 11) is 0. The van der Waals surface area contributed by atoms with E-state index in [-0.39, 0.29) is 11.6 Å². The van der Waals surface area contributed by atoms with Gasteiger partial charge in [0.1, 0.15) is 5.69 Å². The molecule has 0 radical (unpaired) electrons. The van der Waals surface area contributed by atoms with E-state index in [0.29, 0.717) is 18.3 Å². The Morgan fingerprint density at radius 1 is 1.07 bits per heavy atom. The number of rotatable bonds is 6. The molecule has 0 aliphatic heterocycles. The zero-order chi connectivity index (χ0) is 19.5. The van der Waals surface area contributed by atoms with Crippen LogP contribution < -0.4 is 5.32 Å². The number of carboxylic acids is 1. The average molecular weight is 379 g/mol. The average Bonchev–Trinajstić information content (AvgIpc) is 3.47. The van der Waals surface area contributed by atoms with Crippen LogP contribution in [-0.2, 0) is 6.54 Å². The minimum absolute atomic E-state index is 0.0171. The van der Waals surface area contributed by atoms with E-state index in [4.69, 9.17) is 5.11 Å². The molecule has 1 aromatic carbocycles. The van der Waals surface area contributed by atoms with Crippen LogP contribution in [0.5, 0.6) is 0 Å². The van der Waals surface area contributed by atoms with E-state index in [1.54, 1.807) is 12.3 Å². The van der Waals surface area contributed by atoms with Crippen molar-refractivity contribution in [3.8, 4) is 5.69 Å². The summed E-state index contributed by atoms with van der Waals surface area (Å²) in [5.74, 6) is -1.28. The molecule has 1 saturated carbocycles. The second-order valence-electron chi connectivity index (χ2n) is 6.92. The van der Waals surface area contributed by atoms with Gasteiger partial charge in [-0.25, -0.2) is 9.48 Å². The maximum Gasteiger partial charge on any atom is 0.356 e. The monoisotopic (exact) mass is 379 g/mol. The summed E-state index contributed by atoms with van der Waals surface area (Å²) < 4.78 is 3.40. The van der Waals surface area contributed by atoms with Crippen LogP contribution in [0.25, 0.3) is 5.69 Å². The van der Waals surface area contributed by atoms with Crippen LogP contribution in [0.15, 0.2) is 48.8 Å². The molecule has 1 amide bonds. The lowest BCUT2D eigenvalue weighted by Crippen LogP contribution is -2.23. The van der Waals surface area contributed by atoms with E-state index in [0.717, 1.165) is 24.1 Å². The number of nitrogens with zero attached hydrogens (tertiary/aromatic N) is 4. The third-order valence-electron chi connectivity index (χ3n) is 4.98. The molecule has 8 heteroatoms.